The molecule has 0 aromatic heterocycles. The van der Waals surface area contributed by atoms with Crippen molar-refractivity contribution < 1.29 is 32.4 Å². The summed E-state index contributed by atoms with van der Waals surface area (Å²) in [4.78, 5) is 23.0. The third-order valence-electron chi connectivity index (χ3n) is 4.01. The number of nitro groups is 1. The quantitative estimate of drug-likeness (QED) is 0.189. The number of allylic oxidation sites excluding steroid dienone is 1. The van der Waals surface area contributed by atoms with Gasteiger partial charge in [0.1, 0.15) is 17.3 Å². The van der Waals surface area contributed by atoms with Crippen molar-refractivity contribution >= 4 is 17.5 Å². The second-order valence-corrected chi connectivity index (χ2v) is 6.14. The predicted octanol–water partition coefficient (Wildman–Crippen LogP) is 6.02. The van der Waals surface area contributed by atoms with E-state index in [0.29, 0.717) is 5.56 Å². The average molecular weight is 429 g/mol. The van der Waals surface area contributed by atoms with Gasteiger partial charge in [0.05, 0.1) is 4.92 Å². The van der Waals surface area contributed by atoms with Crippen LogP contribution in [-0.4, -0.2) is 17.3 Å². The summed E-state index contributed by atoms with van der Waals surface area (Å²) in [6.07, 6.45) is 2.57. The second kappa shape index (κ2) is 9.57. The Bertz CT molecular complexity index is 1110. The fourth-order valence-corrected chi connectivity index (χ4v) is 2.57. The molecule has 0 atom stereocenters. The molecule has 9 heteroatoms. The zero-order valence-electron chi connectivity index (χ0n) is 15.7. The van der Waals surface area contributed by atoms with Gasteiger partial charge in [0.25, 0.3) is 0 Å². The molecule has 0 aliphatic heterocycles. The summed E-state index contributed by atoms with van der Waals surface area (Å²) in [5.41, 5.74) is 0.250. The maximum Gasteiger partial charge on any atom is 0.387 e. The van der Waals surface area contributed by atoms with Crippen molar-refractivity contribution in [3.8, 4) is 17.2 Å². The average Bonchev–Trinajstić information content (AvgIpc) is 2.74. The van der Waals surface area contributed by atoms with Crippen molar-refractivity contribution in [3.05, 3.63) is 99.9 Å². The fraction of sp³-hybridized carbons (Fsp3) is 0.0455. The number of nitrogens with zero attached hydrogens (tertiary/aromatic N) is 1. The third kappa shape index (κ3) is 5.92. The van der Waals surface area contributed by atoms with Crippen molar-refractivity contribution in [2.75, 3.05) is 0 Å². The van der Waals surface area contributed by atoms with Crippen LogP contribution in [0.5, 0.6) is 17.2 Å². The third-order valence-corrected chi connectivity index (χ3v) is 4.01. The van der Waals surface area contributed by atoms with Gasteiger partial charge in [-0.15, -0.1) is 0 Å². The summed E-state index contributed by atoms with van der Waals surface area (Å²) in [5, 5.41) is 11.4. The van der Waals surface area contributed by atoms with Crippen LogP contribution in [0.2, 0.25) is 0 Å². The zero-order chi connectivity index (χ0) is 22.4. The highest BCUT2D eigenvalue weighted by Gasteiger charge is 2.16. The first-order chi connectivity index (χ1) is 14.8. The van der Waals surface area contributed by atoms with Crippen molar-refractivity contribution in [3.63, 3.8) is 0 Å². The number of carbonyl (C=O) groups is 1. The molecule has 0 unspecified atom stereocenters. The molecule has 0 N–H and O–H groups in total. The van der Waals surface area contributed by atoms with E-state index in [1.807, 2.05) is 0 Å². The monoisotopic (exact) mass is 429 g/mol. The highest BCUT2D eigenvalue weighted by Crippen LogP contribution is 2.32. The van der Waals surface area contributed by atoms with Crippen LogP contribution < -0.4 is 9.47 Å². The summed E-state index contributed by atoms with van der Waals surface area (Å²) < 4.78 is 47.0. The standard InChI is InChI=1S/C22H14F3NO5/c23-16-5-9-17(10-6-16)30-21-12-2-14(13-19(21)26(28)29)1-11-20(27)15-3-7-18(8-4-15)31-22(24)25/h1-13,22H/b11-1+. The van der Waals surface area contributed by atoms with E-state index in [0.717, 1.165) is 12.1 Å². The summed E-state index contributed by atoms with van der Waals surface area (Å²) in [7, 11) is 0. The van der Waals surface area contributed by atoms with Crippen LogP contribution in [0.1, 0.15) is 15.9 Å². The molecular formula is C22H14F3NO5. The Morgan fingerprint density at radius 1 is 0.968 bits per heavy atom. The van der Waals surface area contributed by atoms with E-state index >= 15 is 0 Å². The van der Waals surface area contributed by atoms with E-state index in [1.54, 1.807) is 0 Å². The van der Waals surface area contributed by atoms with Gasteiger partial charge < -0.3 is 9.47 Å². The van der Waals surface area contributed by atoms with Crippen LogP contribution in [0.3, 0.4) is 0 Å². The van der Waals surface area contributed by atoms with Crippen molar-refractivity contribution in [2.24, 2.45) is 0 Å². The van der Waals surface area contributed by atoms with E-state index in [4.69, 9.17) is 4.74 Å². The van der Waals surface area contributed by atoms with E-state index in [2.05, 4.69) is 4.74 Å². The van der Waals surface area contributed by atoms with Crippen LogP contribution >= 0.6 is 0 Å². The minimum Gasteiger partial charge on any atom is -0.450 e. The Hall–Kier alpha value is -4.14. The predicted molar refractivity (Wildman–Crippen MR) is 106 cm³/mol. The van der Waals surface area contributed by atoms with Gasteiger partial charge in [-0.25, -0.2) is 4.39 Å². The Morgan fingerprint density at radius 3 is 2.23 bits per heavy atom. The highest BCUT2D eigenvalue weighted by atomic mass is 19.3. The van der Waals surface area contributed by atoms with Gasteiger partial charge in [-0.1, -0.05) is 12.1 Å². The molecular weight excluding hydrogens is 415 g/mol. The number of ether oxygens (including phenoxy) is 2. The van der Waals surface area contributed by atoms with Crippen LogP contribution in [0.25, 0.3) is 6.08 Å². The van der Waals surface area contributed by atoms with Gasteiger partial charge in [0.2, 0.25) is 5.75 Å². The first-order valence-electron chi connectivity index (χ1n) is 8.81. The number of alkyl halides is 2. The lowest BCUT2D eigenvalue weighted by Gasteiger charge is -2.07. The topological polar surface area (TPSA) is 78.7 Å². The summed E-state index contributed by atoms with van der Waals surface area (Å²) in [6, 6.07) is 14.2. The summed E-state index contributed by atoms with van der Waals surface area (Å²) in [5.74, 6) is -0.805. The molecule has 0 fully saturated rings. The molecule has 0 amide bonds. The van der Waals surface area contributed by atoms with E-state index < -0.39 is 23.1 Å². The minimum atomic E-state index is -2.97. The Kier molecular flexibility index (Phi) is 6.66. The van der Waals surface area contributed by atoms with Crippen LogP contribution in [0.15, 0.2) is 72.8 Å². The highest BCUT2D eigenvalue weighted by molar-refractivity contribution is 6.06. The molecule has 0 radical (unpaired) electrons. The van der Waals surface area contributed by atoms with Gasteiger partial charge in [-0.05, 0) is 66.2 Å². The normalized spacial score (nSPS) is 11.0. The first-order valence-corrected chi connectivity index (χ1v) is 8.81. The number of benzene rings is 3. The molecule has 0 heterocycles. The van der Waals surface area contributed by atoms with E-state index in [1.165, 1.54) is 66.7 Å². The van der Waals surface area contributed by atoms with E-state index in [-0.39, 0.29) is 28.5 Å². The lowest BCUT2D eigenvalue weighted by molar-refractivity contribution is -0.385. The van der Waals surface area contributed by atoms with Gasteiger partial charge >= 0.3 is 12.3 Å². The first kappa shape index (κ1) is 21.6. The van der Waals surface area contributed by atoms with Gasteiger partial charge in [0.15, 0.2) is 5.78 Å². The number of ketones is 1. The molecule has 158 valence electrons. The van der Waals surface area contributed by atoms with Crippen LogP contribution in [0.4, 0.5) is 18.9 Å². The maximum atomic E-state index is 13.0. The van der Waals surface area contributed by atoms with Crippen LogP contribution in [0, 0.1) is 15.9 Å². The lowest BCUT2D eigenvalue weighted by Crippen LogP contribution is -2.02. The van der Waals surface area contributed by atoms with Crippen molar-refractivity contribution in [1.82, 2.24) is 0 Å². The number of hydrogen-bond acceptors (Lipinski definition) is 5. The molecule has 0 spiro atoms. The molecule has 3 aromatic carbocycles. The molecule has 0 aliphatic carbocycles. The zero-order valence-corrected chi connectivity index (χ0v) is 15.7. The molecule has 0 aliphatic rings. The molecule has 0 bridgehead atoms. The number of hydrogen-bond donors (Lipinski definition) is 0. The molecule has 0 saturated carbocycles. The number of carbonyl (C=O) groups excluding carboxylic acids is 1. The fourth-order valence-electron chi connectivity index (χ4n) is 2.57. The molecule has 0 saturated heterocycles. The lowest BCUT2D eigenvalue weighted by atomic mass is 10.1. The second-order valence-electron chi connectivity index (χ2n) is 6.14. The molecule has 3 rings (SSSR count). The summed E-state index contributed by atoms with van der Waals surface area (Å²) >= 11 is 0. The van der Waals surface area contributed by atoms with Crippen LogP contribution in [-0.2, 0) is 0 Å². The molecule has 3 aromatic rings. The Labute approximate surface area is 174 Å². The number of halogens is 3. The van der Waals surface area contributed by atoms with Gasteiger partial charge in [-0.2, -0.15) is 8.78 Å². The minimum absolute atomic E-state index is 0.0466. The maximum absolute atomic E-state index is 13.0. The SMILES string of the molecule is O=C(/C=C/c1ccc(Oc2ccc(F)cc2)c([N+](=O)[O-])c1)c1ccc(OC(F)F)cc1. The van der Waals surface area contributed by atoms with Gasteiger partial charge in [0, 0.05) is 11.6 Å². The van der Waals surface area contributed by atoms with Crippen molar-refractivity contribution in [1.29, 1.82) is 0 Å². The Balaban J connectivity index is 1.75. The van der Waals surface area contributed by atoms with Crippen molar-refractivity contribution in [2.45, 2.75) is 6.61 Å². The molecule has 31 heavy (non-hydrogen) atoms. The largest absolute Gasteiger partial charge is 0.450 e. The van der Waals surface area contributed by atoms with E-state index in [9.17, 15) is 28.1 Å². The smallest absolute Gasteiger partial charge is 0.387 e. The number of rotatable bonds is 8. The Morgan fingerprint density at radius 2 is 1.61 bits per heavy atom. The van der Waals surface area contributed by atoms with Gasteiger partial charge in [-0.3, -0.25) is 14.9 Å². The summed E-state index contributed by atoms with van der Waals surface area (Å²) in [6.45, 7) is -2.97. The number of nitro benzene ring substituents is 1. The molecule has 6 nitrogen and oxygen atoms in total.